The lowest BCUT2D eigenvalue weighted by Crippen LogP contribution is -2.26. The van der Waals surface area contributed by atoms with E-state index in [0.29, 0.717) is 6.42 Å². The van der Waals surface area contributed by atoms with Gasteiger partial charge in [0.2, 0.25) is 0 Å². The van der Waals surface area contributed by atoms with Gasteiger partial charge in [-0.3, -0.25) is 4.79 Å². The molecule has 0 aliphatic rings. The number of carboxylic acids is 1. The van der Waals surface area contributed by atoms with Crippen molar-refractivity contribution in [3.05, 3.63) is 54.4 Å². The van der Waals surface area contributed by atoms with Gasteiger partial charge in [-0.15, -0.1) is 0 Å². The molecule has 4 heteroatoms. The van der Waals surface area contributed by atoms with Crippen LogP contribution in [0.1, 0.15) is 12.0 Å². The fourth-order valence-electron chi connectivity index (χ4n) is 1.91. The minimum atomic E-state index is -0.855. The number of aromatic nitrogens is 1. The molecule has 94 valence electrons. The molecule has 0 saturated heterocycles. The van der Waals surface area contributed by atoms with Gasteiger partial charge in [0.25, 0.3) is 0 Å². The number of carbonyl (C=O) groups is 1. The lowest BCUT2D eigenvalue weighted by molar-refractivity contribution is -0.137. The Hall–Kier alpha value is -2.07. The van der Waals surface area contributed by atoms with E-state index in [1.54, 1.807) is 0 Å². The Morgan fingerprint density at radius 3 is 2.39 bits per heavy atom. The second kappa shape index (κ2) is 5.51. The second-order valence-electron chi connectivity index (χ2n) is 4.32. The van der Waals surface area contributed by atoms with Crippen molar-refractivity contribution in [3.8, 4) is 5.69 Å². The molecular weight excluding hydrogens is 228 g/mol. The Balaban J connectivity index is 2.02. The van der Waals surface area contributed by atoms with Crippen LogP contribution in [0.5, 0.6) is 0 Å². The van der Waals surface area contributed by atoms with Gasteiger partial charge in [0, 0.05) is 24.1 Å². The van der Waals surface area contributed by atoms with E-state index in [1.807, 2.05) is 53.4 Å². The molecule has 1 aromatic heterocycles. The summed E-state index contributed by atoms with van der Waals surface area (Å²) in [5.41, 5.74) is 7.89. The Labute approximate surface area is 106 Å². The maximum absolute atomic E-state index is 10.5. The van der Waals surface area contributed by atoms with E-state index in [4.69, 9.17) is 10.8 Å². The van der Waals surface area contributed by atoms with Gasteiger partial charge in [-0.05, 0) is 36.2 Å². The van der Waals surface area contributed by atoms with Crippen molar-refractivity contribution in [3.63, 3.8) is 0 Å². The monoisotopic (exact) mass is 244 g/mol. The molecular formula is C14H16N2O2. The molecule has 0 radical (unpaired) electrons. The zero-order valence-electron chi connectivity index (χ0n) is 9.99. The van der Waals surface area contributed by atoms with Crippen molar-refractivity contribution in [1.82, 2.24) is 4.57 Å². The SMILES string of the molecule is NC(CC(=O)O)Cc1ccc(-n2cccc2)cc1. The molecule has 1 aromatic carbocycles. The van der Waals surface area contributed by atoms with Crippen LogP contribution < -0.4 is 5.73 Å². The first-order valence-electron chi connectivity index (χ1n) is 5.85. The van der Waals surface area contributed by atoms with Crippen molar-refractivity contribution in [2.75, 3.05) is 0 Å². The van der Waals surface area contributed by atoms with Crippen LogP contribution in [-0.4, -0.2) is 21.7 Å². The van der Waals surface area contributed by atoms with Gasteiger partial charge in [-0.2, -0.15) is 0 Å². The minimum absolute atomic E-state index is 0.000643. The fourth-order valence-corrected chi connectivity index (χ4v) is 1.91. The van der Waals surface area contributed by atoms with Gasteiger partial charge in [-0.25, -0.2) is 0 Å². The Morgan fingerprint density at radius 2 is 1.83 bits per heavy atom. The molecule has 0 aliphatic heterocycles. The largest absolute Gasteiger partial charge is 0.481 e. The first kappa shape index (κ1) is 12.4. The van der Waals surface area contributed by atoms with Crippen LogP contribution in [0.4, 0.5) is 0 Å². The Kier molecular flexibility index (Phi) is 3.79. The van der Waals surface area contributed by atoms with E-state index in [0.717, 1.165) is 11.3 Å². The van der Waals surface area contributed by atoms with Crippen molar-refractivity contribution < 1.29 is 9.90 Å². The Bertz CT molecular complexity index is 503. The van der Waals surface area contributed by atoms with Crippen LogP contribution in [-0.2, 0) is 11.2 Å². The van der Waals surface area contributed by atoms with Crippen molar-refractivity contribution in [2.45, 2.75) is 18.9 Å². The predicted octanol–water partition coefficient (Wildman–Crippen LogP) is 1.82. The Morgan fingerprint density at radius 1 is 1.22 bits per heavy atom. The summed E-state index contributed by atoms with van der Waals surface area (Å²) in [6.07, 6.45) is 4.54. The molecule has 4 nitrogen and oxygen atoms in total. The highest BCUT2D eigenvalue weighted by Gasteiger charge is 2.08. The molecule has 18 heavy (non-hydrogen) atoms. The quantitative estimate of drug-likeness (QED) is 0.843. The topological polar surface area (TPSA) is 68.2 Å². The fraction of sp³-hybridized carbons (Fsp3) is 0.214. The standard InChI is InChI=1S/C14H16N2O2/c15-12(10-14(17)18)9-11-3-5-13(6-4-11)16-7-1-2-8-16/h1-8,12H,9-10,15H2,(H,17,18). The molecule has 1 atom stereocenters. The molecule has 0 spiro atoms. The molecule has 2 rings (SSSR count). The van der Waals surface area contributed by atoms with E-state index in [9.17, 15) is 4.79 Å². The van der Waals surface area contributed by atoms with Gasteiger partial charge in [-0.1, -0.05) is 12.1 Å². The van der Waals surface area contributed by atoms with Gasteiger partial charge in [0.05, 0.1) is 6.42 Å². The zero-order chi connectivity index (χ0) is 13.0. The summed E-state index contributed by atoms with van der Waals surface area (Å²) in [6, 6.07) is 11.6. The lowest BCUT2D eigenvalue weighted by Gasteiger charge is -2.10. The van der Waals surface area contributed by atoms with Crippen LogP contribution in [0, 0.1) is 0 Å². The summed E-state index contributed by atoms with van der Waals surface area (Å²) in [5.74, 6) is -0.855. The number of hydrogen-bond donors (Lipinski definition) is 2. The second-order valence-corrected chi connectivity index (χ2v) is 4.32. The van der Waals surface area contributed by atoms with Gasteiger partial charge in [0.15, 0.2) is 0 Å². The number of nitrogens with zero attached hydrogens (tertiary/aromatic N) is 1. The van der Waals surface area contributed by atoms with E-state index in [1.165, 1.54) is 0 Å². The third kappa shape index (κ3) is 3.21. The summed E-state index contributed by atoms with van der Waals surface area (Å²) >= 11 is 0. The van der Waals surface area contributed by atoms with Gasteiger partial charge < -0.3 is 15.4 Å². The van der Waals surface area contributed by atoms with Gasteiger partial charge in [0.1, 0.15) is 0 Å². The van der Waals surface area contributed by atoms with Crippen LogP contribution in [0.15, 0.2) is 48.8 Å². The maximum atomic E-state index is 10.5. The highest BCUT2D eigenvalue weighted by molar-refractivity contribution is 5.67. The summed E-state index contributed by atoms with van der Waals surface area (Å²) < 4.78 is 2.01. The lowest BCUT2D eigenvalue weighted by atomic mass is 10.0. The third-order valence-corrected chi connectivity index (χ3v) is 2.77. The number of carboxylic acid groups (broad SMARTS) is 1. The van der Waals surface area contributed by atoms with Crippen molar-refractivity contribution in [1.29, 1.82) is 0 Å². The number of hydrogen-bond acceptors (Lipinski definition) is 2. The zero-order valence-corrected chi connectivity index (χ0v) is 9.99. The molecule has 3 N–H and O–H groups in total. The molecule has 0 bridgehead atoms. The molecule has 0 fully saturated rings. The van der Waals surface area contributed by atoms with Crippen LogP contribution in [0.3, 0.4) is 0 Å². The van der Waals surface area contributed by atoms with Crippen molar-refractivity contribution in [2.24, 2.45) is 5.73 Å². The van der Waals surface area contributed by atoms with E-state index in [-0.39, 0.29) is 12.5 Å². The molecule has 1 unspecified atom stereocenters. The highest BCUT2D eigenvalue weighted by Crippen LogP contribution is 2.11. The normalized spacial score (nSPS) is 12.3. The molecule has 1 heterocycles. The molecule has 0 aliphatic carbocycles. The summed E-state index contributed by atoms with van der Waals surface area (Å²) in [7, 11) is 0. The summed E-state index contributed by atoms with van der Waals surface area (Å²) in [4.78, 5) is 10.5. The highest BCUT2D eigenvalue weighted by atomic mass is 16.4. The first-order valence-corrected chi connectivity index (χ1v) is 5.85. The predicted molar refractivity (Wildman–Crippen MR) is 69.7 cm³/mol. The maximum Gasteiger partial charge on any atom is 0.304 e. The minimum Gasteiger partial charge on any atom is -0.481 e. The summed E-state index contributed by atoms with van der Waals surface area (Å²) in [5, 5.41) is 8.65. The molecule has 0 amide bonds. The van der Waals surface area contributed by atoms with E-state index in [2.05, 4.69) is 0 Å². The third-order valence-electron chi connectivity index (χ3n) is 2.77. The van der Waals surface area contributed by atoms with Crippen LogP contribution in [0.25, 0.3) is 5.69 Å². The first-order chi connectivity index (χ1) is 8.65. The van der Waals surface area contributed by atoms with Crippen LogP contribution >= 0.6 is 0 Å². The van der Waals surface area contributed by atoms with E-state index >= 15 is 0 Å². The average molecular weight is 244 g/mol. The van der Waals surface area contributed by atoms with Gasteiger partial charge >= 0.3 is 5.97 Å². The number of rotatable bonds is 5. The number of aliphatic carboxylic acids is 1. The van der Waals surface area contributed by atoms with E-state index < -0.39 is 5.97 Å². The average Bonchev–Trinajstić information content (AvgIpc) is 2.82. The molecule has 0 saturated carbocycles. The number of benzene rings is 1. The summed E-state index contributed by atoms with van der Waals surface area (Å²) in [6.45, 7) is 0. The number of nitrogens with two attached hydrogens (primary N) is 1. The molecule has 2 aromatic rings. The van der Waals surface area contributed by atoms with Crippen LogP contribution in [0.2, 0.25) is 0 Å². The van der Waals surface area contributed by atoms with Crippen molar-refractivity contribution >= 4 is 5.97 Å². The smallest absolute Gasteiger partial charge is 0.304 e.